The average Bonchev–Trinajstić information content (AvgIpc) is 3.00. The molecule has 0 saturated heterocycles. The molecule has 0 unspecified atom stereocenters. The van der Waals surface area contributed by atoms with Gasteiger partial charge in [0.1, 0.15) is 0 Å². The van der Waals surface area contributed by atoms with Crippen molar-refractivity contribution in [2.24, 2.45) is 0 Å². The molecule has 0 atom stereocenters. The zero-order valence-corrected chi connectivity index (χ0v) is 19.3. The van der Waals surface area contributed by atoms with Crippen molar-refractivity contribution in [1.82, 2.24) is 0 Å². The van der Waals surface area contributed by atoms with E-state index in [0.717, 1.165) is 5.56 Å². The van der Waals surface area contributed by atoms with Crippen molar-refractivity contribution >= 4 is 28.7 Å². The van der Waals surface area contributed by atoms with E-state index < -0.39 is 4.92 Å². The molecule has 0 saturated carbocycles. The lowest BCUT2D eigenvalue weighted by atomic mass is 10.0. The Kier molecular flexibility index (Phi) is 7.02. The van der Waals surface area contributed by atoms with E-state index in [1.807, 2.05) is 0 Å². The molecular formula is C25H25N3O7. The number of nitrogens with one attached hydrogen (secondary N) is 2. The van der Waals surface area contributed by atoms with Crippen LogP contribution in [-0.2, 0) is 0 Å². The largest absolute Gasteiger partial charge is 0.493 e. The van der Waals surface area contributed by atoms with E-state index in [1.54, 1.807) is 42.5 Å². The lowest BCUT2D eigenvalue weighted by molar-refractivity contribution is -0.385. The Balaban J connectivity index is 1.70. The van der Waals surface area contributed by atoms with E-state index >= 15 is 0 Å². The molecule has 1 aliphatic rings. The zero-order valence-electron chi connectivity index (χ0n) is 19.3. The van der Waals surface area contributed by atoms with E-state index in [0.29, 0.717) is 59.1 Å². The molecule has 3 aromatic rings. The van der Waals surface area contributed by atoms with Crippen LogP contribution in [-0.4, -0.2) is 43.4 Å². The highest BCUT2D eigenvalue weighted by molar-refractivity contribution is 6.12. The topological polar surface area (TPSA) is 132 Å². The quantitative estimate of drug-likeness (QED) is 0.228. The summed E-state index contributed by atoms with van der Waals surface area (Å²) in [6.07, 6.45) is 1.32. The van der Waals surface area contributed by atoms with Gasteiger partial charge in [0.2, 0.25) is 0 Å². The SMILES string of the molecule is COc1cc2c(cc1OCCCCO)Nc1cc(-c3ccc([N+](=O)[O-])c(OC)c3)ccc1C(=O)N2. The first-order valence-electron chi connectivity index (χ1n) is 11.0. The third kappa shape index (κ3) is 4.97. The van der Waals surface area contributed by atoms with Gasteiger partial charge in [-0.05, 0) is 48.2 Å². The summed E-state index contributed by atoms with van der Waals surface area (Å²) in [5.41, 5.74) is 3.46. The second kappa shape index (κ2) is 10.3. The average molecular weight is 479 g/mol. The summed E-state index contributed by atoms with van der Waals surface area (Å²) >= 11 is 0. The molecule has 0 spiro atoms. The van der Waals surface area contributed by atoms with Crippen LogP contribution in [0.5, 0.6) is 17.2 Å². The maximum Gasteiger partial charge on any atom is 0.310 e. The maximum absolute atomic E-state index is 12.9. The lowest BCUT2D eigenvalue weighted by Gasteiger charge is -2.16. The number of unbranched alkanes of at least 4 members (excludes halogenated alkanes) is 1. The minimum absolute atomic E-state index is 0.0953. The Bertz CT molecular complexity index is 1280. The molecular weight excluding hydrogens is 454 g/mol. The predicted octanol–water partition coefficient (Wildman–Crippen LogP) is 4.74. The van der Waals surface area contributed by atoms with Crippen molar-refractivity contribution in [3.05, 3.63) is 64.2 Å². The van der Waals surface area contributed by atoms with Crippen molar-refractivity contribution in [2.75, 3.05) is 38.1 Å². The van der Waals surface area contributed by atoms with Crippen LogP contribution in [0.25, 0.3) is 11.1 Å². The zero-order chi connectivity index (χ0) is 24.9. The van der Waals surface area contributed by atoms with Gasteiger partial charge >= 0.3 is 5.69 Å². The van der Waals surface area contributed by atoms with Crippen LogP contribution in [0.15, 0.2) is 48.5 Å². The van der Waals surface area contributed by atoms with E-state index in [2.05, 4.69) is 10.6 Å². The molecule has 1 amide bonds. The molecule has 0 aromatic heterocycles. The van der Waals surface area contributed by atoms with Crippen molar-refractivity contribution in [2.45, 2.75) is 12.8 Å². The first kappa shape index (κ1) is 23.8. The van der Waals surface area contributed by atoms with E-state index in [1.165, 1.54) is 20.3 Å². The van der Waals surface area contributed by atoms with Gasteiger partial charge in [-0.3, -0.25) is 14.9 Å². The van der Waals surface area contributed by atoms with E-state index in [9.17, 15) is 14.9 Å². The summed E-state index contributed by atoms with van der Waals surface area (Å²) in [6.45, 7) is 0.503. The number of fused-ring (bicyclic) bond motifs is 2. The summed E-state index contributed by atoms with van der Waals surface area (Å²) in [6, 6.07) is 13.3. The number of nitro groups is 1. The van der Waals surface area contributed by atoms with Crippen LogP contribution in [0.3, 0.4) is 0 Å². The maximum atomic E-state index is 12.9. The first-order valence-corrected chi connectivity index (χ1v) is 11.0. The number of carbonyl (C=O) groups excluding carboxylic acids is 1. The Morgan fingerprint density at radius 3 is 2.26 bits per heavy atom. The Labute approximate surface area is 201 Å². The molecule has 0 fully saturated rings. The fourth-order valence-electron chi connectivity index (χ4n) is 3.80. The van der Waals surface area contributed by atoms with Crippen molar-refractivity contribution < 1.29 is 29.0 Å². The molecule has 10 heteroatoms. The number of nitrogens with zero attached hydrogens (tertiary/aromatic N) is 1. The number of aliphatic hydroxyl groups excluding tert-OH is 1. The summed E-state index contributed by atoms with van der Waals surface area (Å²) in [5, 5.41) is 26.4. The summed E-state index contributed by atoms with van der Waals surface area (Å²) in [4.78, 5) is 23.6. The van der Waals surface area contributed by atoms with Gasteiger partial charge in [0, 0.05) is 24.8 Å². The van der Waals surface area contributed by atoms with Gasteiger partial charge in [0.25, 0.3) is 5.91 Å². The van der Waals surface area contributed by atoms with Gasteiger partial charge in [-0.2, -0.15) is 0 Å². The number of hydrogen-bond donors (Lipinski definition) is 3. The van der Waals surface area contributed by atoms with Crippen molar-refractivity contribution in [3.63, 3.8) is 0 Å². The first-order chi connectivity index (χ1) is 16.9. The second-order valence-corrected chi connectivity index (χ2v) is 7.81. The molecule has 4 rings (SSSR count). The molecule has 0 bridgehead atoms. The number of rotatable bonds is 9. The van der Waals surface area contributed by atoms with Crippen LogP contribution in [0.4, 0.5) is 22.7 Å². The van der Waals surface area contributed by atoms with Gasteiger partial charge in [0.05, 0.1) is 48.4 Å². The van der Waals surface area contributed by atoms with Gasteiger partial charge in [-0.15, -0.1) is 0 Å². The number of amides is 1. The van der Waals surface area contributed by atoms with Crippen molar-refractivity contribution in [1.29, 1.82) is 0 Å². The van der Waals surface area contributed by atoms with Gasteiger partial charge in [-0.1, -0.05) is 6.07 Å². The summed E-state index contributed by atoms with van der Waals surface area (Å²) in [5.74, 6) is 0.830. The second-order valence-electron chi connectivity index (χ2n) is 7.81. The summed E-state index contributed by atoms with van der Waals surface area (Å²) < 4.78 is 16.5. The molecule has 1 aliphatic heterocycles. The molecule has 182 valence electrons. The van der Waals surface area contributed by atoms with E-state index in [4.69, 9.17) is 19.3 Å². The normalized spacial score (nSPS) is 11.9. The molecule has 3 aromatic carbocycles. The smallest absolute Gasteiger partial charge is 0.310 e. The molecule has 0 aliphatic carbocycles. The van der Waals surface area contributed by atoms with Crippen LogP contribution in [0, 0.1) is 10.1 Å². The van der Waals surface area contributed by atoms with Crippen LogP contribution in [0.2, 0.25) is 0 Å². The Morgan fingerprint density at radius 2 is 1.54 bits per heavy atom. The Morgan fingerprint density at radius 1 is 0.857 bits per heavy atom. The summed E-state index contributed by atoms with van der Waals surface area (Å²) in [7, 11) is 2.90. The Hall–Kier alpha value is -4.31. The highest BCUT2D eigenvalue weighted by Crippen LogP contribution is 2.42. The van der Waals surface area contributed by atoms with Gasteiger partial charge < -0.3 is 30.0 Å². The van der Waals surface area contributed by atoms with Crippen molar-refractivity contribution in [3.8, 4) is 28.4 Å². The highest BCUT2D eigenvalue weighted by Gasteiger charge is 2.23. The van der Waals surface area contributed by atoms with Crippen LogP contribution < -0.4 is 24.8 Å². The third-order valence-corrected chi connectivity index (χ3v) is 5.61. The molecule has 10 nitrogen and oxygen atoms in total. The monoisotopic (exact) mass is 479 g/mol. The number of anilines is 3. The van der Waals surface area contributed by atoms with E-state index in [-0.39, 0.29) is 24.0 Å². The standard InChI is InChI=1S/C25H25N3O7/c1-33-22-12-16(6-8-21(22)28(31)32)15-5-7-17-18(11-15)26-19-14-24(35-10-4-3-9-29)23(34-2)13-20(19)27-25(17)30/h5-8,11-14,26,29H,3-4,9-10H2,1-2H3,(H,27,30). The minimum atomic E-state index is -0.500. The number of hydrogen-bond acceptors (Lipinski definition) is 8. The minimum Gasteiger partial charge on any atom is -0.493 e. The number of nitro benzene ring substituents is 1. The predicted molar refractivity (Wildman–Crippen MR) is 131 cm³/mol. The molecule has 1 heterocycles. The lowest BCUT2D eigenvalue weighted by Crippen LogP contribution is -2.11. The molecule has 35 heavy (non-hydrogen) atoms. The molecule has 3 N–H and O–H groups in total. The number of aliphatic hydroxyl groups is 1. The number of benzene rings is 3. The van der Waals surface area contributed by atoms with Crippen LogP contribution in [0.1, 0.15) is 23.2 Å². The fourth-order valence-corrected chi connectivity index (χ4v) is 3.80. The number of methoxy groups -OCH3 is 2. The highest BCUT2D eigenvalue weighted by atomic mass is 16.6. The van der Waals surface area contributed by atoms with Gasteiger partial charge in [-0.25, -0.2) is 0 Å². The third-order valence-electron chi connectivity index (χ3n) is 5.61. The van der Waals surface area contributed by atoms with Crippen LogP contribution >= 0.6 is 0 Å². The van der Waals surface area contributed by atoms with Gasteiger partial charge in [0.15, 0.2) is 17.2 Å². The number of ether oxygens (including phenoxy) is 3. The molecule has 0 radical (unpaired) electrons. The number of carbonyl (C=O) groups is 1. The fraction of sp³-hybridized carbons (Fsp3) is 0.240.